The van der Waals surface area contributed by atoms with Crippen LogP contribution in [0, 0.1) is 10.1 Å². The number of anilines is 1. The van der Waals surface area contributed by atoms with Crippen molar-refractivity contribution in [2.75, 3.05) is 11.9 Å². The van der Waals surface area contributed by atoms with Gasteiger partial charge in [0.1, 0.15) is 5.69 Å². The molecule has 2 rings (SSSR count). The summed E-state index contributed by atoms with van der Waals surface area (Å²) in [6.45, 7) is -1.33. The van der Waals surface area contributed by atoms with Gasteiger partial charge in [0, 0.05) is 30.4 Å². The van der Waals surface area contributed by atoms with Crippen LogP contribution in [-0.2, 0) is 6.54 Å². The Labute approximate surface area is 144 Å². The van der Waals surface area contributed by atoms with Crippen LogP contribution < -0.4 is 15.8 Å². The van der Waals surface area contributed by atoms with E-state index in [4.69, 9.17) is 5.73 Å². The van der Waals surface area contributed by atoms with Crippen LogP contribution in [0.4, 0.5) is 24.5 Å². The SMILES string of the molecule is NC(=O)c1ccc(NCc2ccc(OCC(F)(F)F)nc2)c([N+](=O)[O-])c1. The highest BCUT2D eigenvalue weighted by Gasteiger charge is 2.28. The molecule has 0 saturated heterocycles. The lowest BCUT2D eigenvalue weighted by atomic mass is 10.1. The Morgan fingerprint density at radius 3 is 2.58 bits per heavy atom. The molecule has 8 nitrogen and oxygen atoms in total. The first kappa shape index (κ1) is 19.0. The number of carbonyl (C=O) groups excluding carboxylic acids is 1. The third-order valence-electron chi connectivity index (χ3n) is 3.14. The van der Waals surface area contributed by atoms with Crippen LogP contribution in [0.15, 0.2) is 36.5 Å². The van der Waals surface area contributed by atoms with E-state index >= 15 is 0 Å². The zero-order chi connectivity index (χ0) is 19.3. The fraction of sp³-hybridized carbons (Fsp3) is 0.200. The molecular weight excluding hydrogens is 357 g/mol. The minimum atomic E-state index is -4.46. The Balaban J connectivity index is 2.04. The lowest BCUT2D eigenvalue weighted by Gasteiger charge is -2.10. The number of rotatable bonds is 7. The largest absolute Gasteiger partial charge is 0.468 e. The Bertz CT molecular complexity index is 810. The van der Waals surface area contributed by atoms with Crippen LogP contribution in [0.2, 0.25) is 0 Å². The van der Waals surface area contributed by atoms with Crippen LogP contribution >= 0.6 is 0 Å². The second-order valence-corrected chi connectivity index (χ2v) is 5.12. The van der Waals surface area contributed by atoms with Crippen molar-refractivity contribution >= 4 is 17.3 Å². The fourth-order valence-electron chi connectivity index (χ4n) is 1.94. The quantitative estimate of drug-likeness (QED) is 0.571. The molecule has 0 radical (unpaired) electrons. The van der Waals surface area contributed by atoms with Gasteiger partial charge in [-0.25, -0.2) is 4.98 Å². The van der Waals surface area contributed by atoms with Crippen molar-refractivity contribution < 1.29 is 27.6 Å². The van der Waals surface area contributed by atoms with Gasteiger partial charge in [-0.3, -0.25) is 14.9 Å². The second kappa shape index (κ2) is 7.68. The number of hydrogen-bond donors (Lipinski definition) is 2. The van der Waals surface area contributed by atoms with E-state index < -0.39 is 23.6 Å². The number of amides is 1. The van der Waals surface area contributed by atoms with Crippen molar-refractivity contribution in [3.63, 3.8) is 0 Å². The predicted octanol–water partition coefficient (Wildman–Crippen LogP) is 2.64. The molecule has 1 aromatic heterocycles. The van der Waals surface area contributed by atoms with E-state index in [0.717, 1.165) is 6.07 Å². The first-order chi connectivity index (χ1) is 12.2. The third kappa shape index (κ3) is 5.33. The molecule has 11 heteroatoms. The molecule has 0 aliphatic rings. The normalized spacial score (nSPS) is 11.0. The lowest BCUT2D eigenvalue weighted by Crippen LogP contribution is -2.19. The topological polar surface area (TPSA) is 120 Å². The minimum Gasteiger partial charge on any atom is -0.468 e. The average molecular weight is 370 g/mol. The summed E-state index contributed by atoms with van der Waals surface area (Å²) in [4.78, 5) is 25.3. The highest BCUT2D eigenvalue weighted by atomic mass is 19.4. The number of primary amides is 1. The fourth-order valence-corrected chi connectivity index (χ4v) is 1.94. The molecule has 26 heavy (non-hydrogen) atoms. The maximum atomic E-state index is 12.1. The van der Waals surface area contributed by atoms with Gasteiger partial charge in [-0.2, -0.15) is 13.2 Å². The maximum Gasteiger partial charge on any atom is 0.422 e. The number of ether oxygens (including phenoxy) is 1. The van der Waals surface area contributed by atoms with Crippen molar-refractivity contribution in [2.24, 2.45) is 5.73 Å². The van der Waals surface area contributed by atoms with Gasteiger partial charge < -0.3 is 15.8 Å². The van der Waals surface area contributed by atoms with Gasteiger partial charge in [-0.15, -0.1) is 0 Å². The molecule has 0 fully saturated rings. The summed E-state index contributed by atoms with van der Waals surface area (Å²) in [6, 6.07) is 6.45. The number of carbonyl (C=O) groups is 1. The maximum absolute atomic E-state index is 12.1. The van der Waals surface area contributed by atoms with Crippen molar-refractivity contribution in [2.45, 2.75) is 12.7 Å². The molecule has 1 aromatic carbocycles. The molecule has 3 N–H and O–H groups in total. The minimum absolute atomic E-state index is 0.00455. The van der Waals surface area contributed by atoms with E-state index in [1.165, 1.54) is 30.5 Å². The average Bonchev–Trinajstić information content (AvgIpc) is 2.58. The molecule has 0 unspecified atom stereocenters. The smallest absolute Gasteiger partial charge is 0.422 e. The van der Waals surface area contributed by atoms with E-state index in [1.54, 1.807) is 0 Å². The van der Waals surface area contributed by atoms with Crippen molar-refractivity contribution in [3.05, 3.63) is 57.8 Å². The Kier molecular flexibility index (Phi) is 5.60. The van der Waals surface area contributed by atoms with Crippen LogP contribution in [0.25, 0.3) is 0 Å². The van der Waals surface area contributed by atoms with Gasteiger partial charge in [-0.05, 0) is 17.7 Å². The Hall–Kier alpha value is -3.37. The number of aromatic nitrogens is 1. The highest BCUT2D eigenvalue weighted by Crippen LogP contribution is 2.26. The summed E-state index contributed by atoms with van der Waals surface area (Å²) in [5, 5.41) is 13.9. The summed E-state index contributed by atoms with van der Waals surface area (Å²) in [5.74, 6) is -0.985. The van der Waals surface area contributed by atoms with Gasteiger partial charge in [0.25, 0.3) is 5.69 Å². The first-order valence-electron chi connectivity index (χ1n) is 7.12. The highest BCUT2D eigenvalue weighted by molar-refractivity contribution is 5.94. The lowest BCUT2D eigenvalue weighted by molar-refractivity contribution is -0.384. The molecule has 138 valence electrons. The van der Waals surface area contributed by atoms with Crippen LogP contribution in [0.5, 0.6) is 5.88 Å². The second-order valence-electron chi connectivity index (χ2n) is 5.12. The van der Waals surface area contributed by atoms with Gasteiger partial charge >= 0.3 is 6.18 Å². The molecular formula is C15H13F3N4O4. The zero-order valence-corrected chi connectivity index (χ0v) is 13.1. The number of nitrogens with two attached hydrogens (primary N) is 1. The van der Waals surface area contributed by atoms with Crippen molar-refractivity contribution in [3.8, 4) is 5.88 Å². The summed E-state index contributed by atoms with van der Waals surface area (Å²) >= 11 is 0. The number of alkyl halides is 3. The van der Waals surface area contributed by atoms with Crippen LogP contribution in [0.3, 0.4) is 0 Å². The number of nitro groups is 1. The van der Waals surface area contributed by atoms with Crippen LogP contribution in [0.1, 0.15) is 15.9 Å². The standard InChI is InChI=1S/C15H13F3N4O4/c16-15(17,18)8-26-13-4-1-9(7-21-13)6-20-11-3-2-10(14(19)23)5-12(11)22(24)25/h1-5,7,20H,6,8H2,(H2,19,23). The predicted molar refractivity (Wildman–Crippen MR) is 84.7 cm³/mol. The summed E-state index contributed by atoms with van der Waals surface area (Å²) in [6.07, 6.45) is -3.18. The monoisotopic (exact) mass is 370 g/mol. The molecule has 0 atom stereocenters. The number of halogens is 3. The van der Waals surface area contributed by atoms with E-state index in [1.807, 2.05) is 0 Å². The molecule has 1 amide bonds. The van der Waals surface area contributed by atoms with Crippen molar-refractivity contribution in [1.29, 1.82) is 0 Å². The van der Waals surface area contributed by atoms with E-state index in [0.29, 0.717) is 5.56 Å². The zero-order valence-electron chi connectivity index (χ0n) is 13.1. The number of benzene rings is 1. The molecule has 1 heterocycles. The number of hydrogen-bond acceptors (Lipinski definition) is 6. The molecule has 0 aliphatic heterocycles. The van der Waals surface area contributed by atoms with Gasteiger partial charge in [0.2, 0.25) is 11.8 Å². The summed E-state index contributed by atoms with van der Waals surface area (Å²) < 4.78 is 40.7. The molecule has 0 spiro atoms. The van der Waals surface area contributed by atoms with E-state index in [-0.39, 0.29) is 29.4 Å². The number of nitrogens with zero attached hydrogens (tertiary/aromatic N) is 2. The summed E-state index contributed by atoms with van der Waals surface area (Å²) in [7, 11) is 0. The Morgan fingerprint density at radius 2 is 2.04 bits per heavy atom. The van der Waals surface area contributed by atoms with Crippen molar-refractivity contribution in [1.82, 2.24) is 4.98 Å². The molecule has 2 aromatic rings. The third-order valence-corrected chi connectivity index (χ3v) is 3.14. The number of nitrogens with one attached hydrogen (secondary N) is 1. The van der Waals surface area contributed by atoms with Gasteiger partial charge in [0.15, 0.2) is 6.61 Å². The van der Waals surface area contributed by atoms with E-state index in [2.05, 4.69) is 15.0 Å². The Morgan fingerprint density at radius 1 is 1.31 bits per heavy atom. The van der Waals surface area contributed by atoms with E-state index in [9.17, 15) is 28.1 Å². The van der Waals surface area contributed by atoms with Gasteiger partial charge in [-0.1, -0.05) is 6.07 Å². The molecule has 0 aliphatic carbocycles. The molecule has 0 bridgehead atoms. The first-order valence-corrected chi connectivity index (χ1v) is 7.12. The number of pyridine rings is 1. The van der Waals surface area contributed by atoms with Gasteiger partial charge in [0.05, 0.1) is 4.92 Å². The van der Waals surface area contributed by atoms with Crippen LogP contribution in [-0.4, -0.2) is 28.6 Å². The number of nitro benzene ring substituents is 1. The summed E-state index contributed by atoms with van der Waals surface area (Å²) in [5.41, 5.74) is 5.46. The molecule has 0 saturated carbocycles.